The summed E-state index contributed by atoms with van der Waals surface area (Å²) >= 11 is 17.8. The molecule has 1 aliphatic rings. The van der Waals surface area contributed by atoms with Crippen LogP contribution in [0.4, 0.5) is 5.69 Å². The van der Waals surface area contributed by atoms with Crippen molar-refractivity contribution in [1.29, 1.82) is 0 Å². The molecule has 7 nitrogen and oxygen atoms in total. The number of ether oxygens (including phenoxy) is 3. The number of amides is 1. The summed E-state index contributed by atoms with van der Waals surface area (Å²) in [6, 6.07) is 21.9. The minimum absolute atomic E-state index is 0.0715. The molecule has 0 spiro atoms. The van der Waals surface area contributed by atoms with Gasteiger partial charge in [0.05, 0.1) is 23.6 Å². The highest BCUT2D eigenvalue weighted by atomic mass is 35.5. The van der Waals surface area contributed by atoms with Crippen molar-refractivity contribution in [2.45, 2.75) is 66.0 Å². The molecule has 4 rings (SSSR count). The average molecular weight is 806 g/mol. The van der Waals surface area contributed by atoms with Crippen LogP contribution >= 0.6 is 45.4 Å². The first-order valence-electron chi connectivity index (χ1n) is 17.9. The lowest BCUT2D eigenvalue weighted by atomic mass is 9.82. The van der Waals surface area contributed by atoms with Crippen LogP contribution in [0, 0.1) is 12.8 Å². The number of esters is 1. The van der Waals surface area contributed by atoms with Gasteiger partial charge in [-0.3, -0.25) is 14.5 Å². The first-order chi connectivity index (χ1) is 25.0. The van der Waals surface area contributed by atoms with E-state index in [1.165, 1.54) is 0 Å². The van der Waals surface area contributed by atoms with Gasteiger partial charge in [0.25, 0.3) is 0 Å². The number of anilines is 1. The van der Waals surface area contributed by atoms with E-state index in [0.717, 1.165) is 21.9 Å². The third-order valence-electron chi connectivity index (χ3n) is 7.76. The molecule has 2 atom stereocenters. The van der Waals surface area contributed by atoms with Crippen LogP contribution in [0.1, 0.15) is 64.6 Å². The second-order valence-corrected chi connectivity index (χ2v) is 20.1. The first-order valence-corrected chi connectivity index (χ1v) is 22.0. The number of hydrogen-bond donors (Lipinski definition) is 0. The van der Waals surface area contributed by atoms with E-state index in [1.807, 2.05) is 107 Å². The highest BCUT2D eigenvalue weighted by Gasteiger charge is 2.43. The molecular weight excluding hydrogens is 748 g/mol. The summed E-state index contributed by atoms with van der Waals surface area (Å²) in [7, 11) is -0.769. The lowest BCUT2D eigenvalue weighted by Crippen LogP contribution is -2.51. The van der Waals surface area contributed by atoms with Gasteiger partial charge in [0.1, 0.15) is 31.2 Å². The maximum absolute atomic E-state index is 14.7. The SMILES string of the molecule is C=CCOc1ccc(C)cc1[C@@H]1C(C(=O)N(COCCS(C)(C)C)c2cccc(Cl)c2)CCC(=S)N1CC(=O)OC(C)(C)C.CC.Clc1ccccc1. The second kappa shape index (κ2) is 22.3. The van der Waals surface area contributed by atoms with Gasteiger partial charge in [-0.2, -0.15) is 0 Å². The zero-order chi connectivity index (χ0) is 39.8. The van der Waals surface area contributed by atoms with Gasteiger partial charge in [-0.1, -0.05) is 104 Å². The Bertz CT molecular complexity index is 1630. The number of carbonyl (C=O) groups excluding carboxylic acids is 2. The lowest BCUT2D eigenvalue weighted by molar-refractivity contribution is -0.156. The molecule has 0 aliphatic carbocycles. The molecule has 11 heteroatoms. The largest absolute Gasteiger partial charge is 0.489 e. The molecule has 1 amide bonds. The molecule has 0 aromatic heterocycles. The van der Waals surface area contributed by atoms with Crippen LogP contribution in [0.25, 0.3) is 0 Å². The predicted molar refractivity (Wildman–Crippen MR) is 230 cm³/mol. The zero-order valence-corrected chi connectivity index (χ0v) is 36.0. The summed E-state index contributed by atoms with van der Waals surface area (Å²) in [5, 5.41) is 1.31. The predicted octanol–water partition coefficient (Wildman–Crippen LogP) is 10.7. The van der Waals surface area contributed by atoms with Gasteiger partial charge in [-0.15, -0.1) is 0 Å². The van der Waals surface area contributed by atoms with Crippen molar-refractivity contribution >= 4 is 68.0 Å². The number of thiocarbonyl (C=S) groups is 1. The van der Waals surface area contributed by atoms with Crippen LogP contribution in [-0.4, -0.2) is 78.4 Å². The average Bonchev–Trinajstić information content (AvgIpc) is 3.08. The highest BCUT2D eigenvalue weighted by Crippen LogP contribution is 2.43. The third kappa shape index (κ3) is 16.0. The molecular formula is C42H58Cl2N2O5S2. The number of piperidine rings is 1. The minimum Gasteiger partial charge on any atom is -0.489 e. The van der Waals surface area contributed by atoms with Crippen molar-refractivity contribution in [3.8, 4) is 5.75 Å². The minimum atomic E-state index is -0.769. The number of hydrogen-bond acceptors (Lipinski definition) is 6. The normalized spacial score (nSPS) is 15.9. The van der Waals surface area contributed by atoms with E-state index in [2.05, 4.69) is 25.3 Å². The molecule has 1 unspecified atom stereocenters. The van der Waals surface area contributed by atoms with Crippen LogP contribution < -0.4 is 9.64 Å². The van der Waals surface area contributed by atoms with E-state index >= 15 is 0 Å². The van der Waals surface area contributed by atoms with Crippen molar-refractivity contribution in [2.75, 3.05) is 55.9 Å². The maximum atomic E-state index is 14.7. The number of aryl methyl sites for hydroxylation is 1. The lowest BCUT2D eigenvalue weighted by Gasteiger charge is -2.44. The molecule has 0 saturated carbocycles. The van der Waals surface area contributed by atoms with Crippen molar-refractivity contribution in [3.05, 3.63) is 107 Å². The van der Waals surface area contributed by atoms with Crippen LogP contribution in [0.5, 0.6) is 5.75 Å². The number of benzene rings is 3. The van der Waals surface area contributed by atoms with Crippen molar-refractivity contribution in [2.24, 2.45) is 5.92 Å². The van der Waals surface area contributed by atoms with Crippen LogP contribution in [0.2, 0.25) is 10.0 Å². The summed E-state index contributed by atoms with van der Waals surface area (Å²) in [5.74, 6) is 0.387. The fourth-order valence-electron chi connectivity index (χ4n) is 5.46. The molecule has 1 fully saturated rings. The monoisotopic (exact) mass is 804 g/mol. The molecule has 1 heterocycles. The number of rotatable bonds is 13. The molecule has 1 aliphatic heterocycles. The van der Waals surface area contributed by atoms with Gasteiger partial charge in [-0.25, -0.2) is 10.0 Å². The van der Waals surface area contributed by atoms with Crippen molar-refractivity contribution in [1.82, 2.24) is 4.90 Å². The van der Waals surface area contributed by atoms with Gasteiger partial charge >= 0.3 is 5.97 Å². The molecule has 3 aromatic carbocycles. The number of nitrogens with zero attached hydrogens (tertiary/aromatic N) is 2. The van der Waals surface area contributed by atoms with Crippen LogP contribution in [0.15, 0.2) is 85.5 Å². The van der Waals surface area contributed by atoms with Crippen LogP contribution in [-0.2, 0) is 19.1 Å². The Kier molecular flexibility index (Phi) is 19.4. The molecule has 0 N–H and O–H groups in total. The molecule has 53 heavy (non-hydrogen) atoms. The number of carbonyl (C=O) groups is 2. The molecule has 3 aromatic rings. The summed E-state index contributed by atoms with van der Waals surface area (Å²) in [5.41, 5.74) is 1.74. The maximum Gasteiger partial charge on any atom is 0.326 e. The summed E-state index contributed by atoms with van der Waals surface area (Å²) < 4.78 is 17.9. The second-order valence-electron chi connectivity index (χ2n) is 14.2. The molecule has 0 radical (unpaired) electrons. The summed E-state index contributed by atoms with van der Waals surface area (Å²) in [6.07, 6.45) is 9.34. The Morgan fingerprint density at radius 2 is 1.66 bits per heavy atom. The van der Waals surface area contributed by atoms with Gasteiger partial charge in [0.2, 0.25) is 5.91 Å². The highest BCUT2D eigenvalue weighted by molar-refractivity contribution is 8.32. The van der Waals surface area contributed by atoms with E-state index in [-0.39, 0.29) is 25.8 Å². The van der Waals surface area contributed by atoms with E-state index in [0.29, 0.717) is 40.9 Å². The fraction of sp³-hybridized carbons (Fsp3) is 0.452. The molecule has 1 saturated heterocycles. The summed E-state index contributed by atoms with van der Waals surface area (Å²) in [4.78, 5) is 32.0. The van der Waals surface area contributed by atoms with E-state index in [4.69, 9.17) is 49.6 Å². The third-order valence-corrected chi connectivity index (χ3v) is 10.1. The quantitative estimate of drug-likeness (QED) is 0.0560. The van der Waals surface area contributed by atoms with Crippen LogP contribution in [0.3, 0.4) is 0 Å². The zero-order valence-electron chi connectivity index (χ0n) is 32.8. The topological polar surface area (TPSA) is 68.3 Å². The number of likely N-dealkylation sites (tertiary alicyclic amines) is 1. The van der Waals surface area contributed by atoms with Gasteiger partial charge in [-0.05, 0) is 95.7 Å². The van der Waals surface area contributed by atoms with Crippen molar-refractivity contribution in [3.63, 3.8) is 0 Å². The number of halogens is 2. The van der Waals surface area contributed by atoms with Gasteiger partial charge < -0.3 is 19.1 Å². The van der Waals surface area contributed by atoms with E-state index in [1.54, 1.807) is 23.1 Å². The van der Waals surface area contributed by atoms with Crippen molar-refractivity contribution < 1.29 is 23.8 Å². The Hall–Kier alpha value is -3.08. The molecule has 292 valence electrons. The fourth-order valence-corrected chi connectivity index (χ4v) is 6.71. The smallest absolute Gasteiger partial charge is 0.326 e. The van der Waals surface area contributed by atoms with Gasteiger partial charge in [0, 0.05) is 27.0 Å². The Morgan fingerprint density at radius 1 is 1.00 bits per heavy atom. The van der Waals surface area contributed by atoms with E-state index < -0.39 is 33.6 Å². The Morgan fingerprint density at radius 3 is 2.23 bits per heavy atom. The van der Waals surface area contributed by atoms with Gasteiger partial charge in [0.15, 0.2) is 0 Å². The first kappa shape index (κ1) is 46.1. The standard InChI is InChI=1S/C34H47ClN2O5S2.C6H5Cl.C2H6/c1-9-17-41-29-15-13-24(2)20-28(29)32-27(14-16-30(43)36(32)22-31(38)42-34(3,4)5)33(39)37(23-40-18-19-44(6,7)8)26-12-10-11-25(35)21-26;7-6-4-2-1-3-5-6;1-2/h9-13,15,20-21,27,32H,1,14,16-19,22-23H2,2-8H3;1-5H;1-2H3/t27?,32-;;/m0../s1. The Labute approximate surface area is 335 Å². The summed E-state index contributed by atoms with van der Waals surface area (Å²) in [6.45, 7) is 16.1. The van der Waals surface area contributed by atoms with E-state index in [9.17, 15) is 9.59 Å². The molecule has 0 bridgehead atoms. The Balaban J connectivity index is 0.000000951.